The summed E-state index contributed by atoms with van der Waals surface area (Å²) in [6.07, 6.45) is 0. The van der Waals surface area contributed by atoms with Crippen LogP contribution in [-0.2, 0) is 0 Å². The minimum absolute atomic E-state index is 0.538. The largest absolute Gasteiger partial charge is 0.455 e. The lowest BCUT2D eigenvalue weighted by Crippen LogP contribution is -2.00. The highest BCUT2D eigenvalue weighted by atomic mass is 79.9. The molecule has 0 aliphatic rings. The smallest absolute Gasteiger partial charge is 0.167 e. The molecule has 0 aliphatic carbocycles. The van der Waals surface area contributed by atoms with Gasteiger partial charge in [-0.3, -0.25) is 0 Å². The lowest BCUT2D eigenvalue weighted by atomic mass is 10.1. The van der Waals surface area contributed by atoms with E-state index in [2.05, 4.69) is 40.2 Å². The first-order valence-electron chi connectivity index (χ1n) is 12.6. The van der Waals surface area contributed by atoms with Crippen molar-refractivity contribution in [3.63, 3.8) is 0 Å². The van der Waals surface area contributed by atoms with Crippen molar-refractivity contribution in [2.75, 3.05) is 0 Å². The molecule has 39 heavy (non-hydrogen) atoms. The van der Waals surface area contributed by atoms with Gasteiger partial charge in [0.15, 0.2) is 17.5 Å². The molecule has 0 radical (unpaired) electrons. The predicted molar refractivity (Wildman–Crippen MR) is 158 cm³/mol. The lowest BCUT2D eigenvalue weighted by Gasteiger charge is -2.09. The number of para-hydroxylation sites is 4. The van der Waals surface area contributed by atoms with Gasteiger partial charge in [-0.15, -0.1) is 0 Å². The van der Waals surface area contributed by atoms with Gasteiger partial charge >= 0.3 is 0 Å². The van der Waals surface area contributed by atoms with Gasteiger partial charge in [0, 0.05) is 31.6 Å². The molecule has 0 unspecified atom stereocenters. The standard InChI is InChI=1S/C33H18BrN3O2/c34-20-17-15-19(16-18-20)31-35-32(25-11-5-9-23-21-7-1-3-13-27(21)38-29(23)25)37-33(36-31)26-12-6-10-24-22-8-2-4-14-28(22)39-30(24)26/h1-18H. The molecule has 8 aromatic rings. The first-order chi connectivity index (χ1) is 19.2. The van der Waals surface area contributed by atoms with Crippen LogP contribution in [0.15, 0.2) is 123 Å². The van der Waals surface area contributed by atoms with Gasteiger partial charge in [0.2, 0.25) is 0 Å². The normalized spacial score (nSPS) is 11.7. The number of hydrogen-bond donors (Lipinski definition) is 0. The van der Waals surface area contributed by atoms with E-state index in [9.17, 15) is 0 Å². The SMILES string of the molecule is Brc1ccc(-c2nc(-c3cccc4c3oc3ccccc34)nc(-c3cccc4c3oc3ccccc34)n2)cc1. The van der Waals surface area contributed by atoms with E-state index < -0.39 is 0 Å². The van der Waals surface area contributed by atoms with Crippen LogP contribution in [0, 0.1) is 0 Å². The van der Waals surface area contributed by atoms with Gasteiger partial charge in [0.1, 0.15) is 22.3 Å². The minimum atomic E-state index is 0.538. The molecule has 0 saturated carbocycles. The lowest BCUT2D eigenvalue weighted by molar-refractivity contribution is 0.669. The molecular weight excluding hydrogens is 550 g/mol. The summed E-state index contributed by atoms with van der Waals surface area (Å²) >= 11 is 3.53. The summed E-state index contributed by atoms with van der Waals surface area (Å²) in [5.41, 5.74) is 5.66. The molecule has 0 spiro atoms. The van der Waals surface area contributed by atoms with Crippen molar-refractivity contribution in [3.8, 4) is 34.2 Å². The molecular formula is C33H18BrN3O2. The average Bonchev–Trinajstić information content (AvgIpc) is 3.56. The average molecular weight is 568 g/mol. The van der Waals surface area contributed by atoms with E-state index in [1.165, 1.54) is 0 Å². The maximum atomic E-state index is 6.33. The Hall–Kier alpha value is -4.81. The minimum Gasteiger partial charge on any atom is -0.455 e. The van der Waals surface area contributed by atoms with Crippen molar-refractivity contribution in [2.45, 2.75) is 0 Å². The van der Waals surface area contributed by atoms with Crippen LogP contribution in [0.3, 0.4) is 0 Å². The third-order valence-electron chi connectivity index (χ3n) is 7.03. The van der Waals surface area contributed by atoms with E-state index in [1.807, 2.05) is 84.9 Å². The van der Waals surface area contributed by atoms with Crippen LogP contribution in [0.25, 0.3) is 78.0 Å². The second-order valence-corrected chi connectivity index (χ2v) is 10.3. The van der Waals surface area contributed by atoms with Gasteiger partial charge in [-0.25, -0.2) is 15.0 Å². The van der Waals surface area contributed by atoms with Gasteiger partial charge in [-0.1, -0.05) is 88.7 Å². The molecule has 0 atom stereocenters. The number of benzene rings is 5. The number of nitrogens with zero attached hydrogens (tertiary/aromatic N) is 3. The zero-order valence-electron chi connectivity index (χ0n) is 20.4. The highest BCUT2D eigenvalue weighted by Gasteiger charge is 2.20. The Kier molecular flexibility index (Phi) is 4.90. The molecule has 6 heteroatoms. The Bertz CT molecular complexity index is 2060. The van der Waals surface area contributed by atoms with E-state index in [1.54, 1.807) is 0 Å². The monoisotopic (exact) mass is 567 g/mol. The number of halogens is 1. The summed E-state index contributed by atoms with van der Waals surface area (Å²) in [5.74, 6) is 1.65. The Morgan fingerprint density at radius 2 is 0.897 bits per heavy atom. The van der Waals surface area contributed by atoms with Crippen molar-refractivity contribution >= 4 is 59.8 Å². The second-order valence-electron chi connectivity index (χ2n) is 9.37. The number of rotatable bonds is 3. The molecule has 5 aromatic carbocycles. The molecule has 184 valence electrons. The quantitative estimate of drug-likeness (QED) is 0.212. The number of aromatic nitrogens is 3. The first kappa shape index (κ1) is 22.2. The van der Waals surface area contributed by atoms with Crippen LogP contribution in [0.5, 0.6) is 0 Å². The summed E-state index contributed by atoms with van der Waals surface area (Å²) in [7, 11) is 0. The number of furan rings is 2. The van der Waals surface area contributed by atoms with Crippen LogP contribution < -0.4 is 0 Å². The van der Waals surface area contributed by atoms with Crippen molar-refractivity contribution in [3.05, 3.63) is 114 Å². The Morgan fingerprint density at radius 3 is 1.44 bits per heavy atom. The topological polar surface area (TPSA) is 65.0 Å². The molecule has 0 amide bonds. The maximum absolute atomic E-state index is 6.33. The molecule has 0 aliphatic heterocycles. The molecule has 0 bridgehead atoms. The predicted octanol–water partition coefficient (Wildman–Crippen LogP) is 9.43. The van der Waals surface area contributed by atoms with E-state index in [4.69, 9.17) is 23.8 Å². The van der Waals surface area contributed by atoms with Crippen molar-refractivity contribution in [2.24, 2.45) is 0 Å². The summed E-state index contributed by atoms with van der Waals surface area (Å²) in [5, 5.41) is 4.16. The Labute approximate surface area is 230 Å². The summed E-state index contributed by atoms with van der Waals surface area (Å²) in [6.45, 7) is 0. The van der Waals surface area contributed by atoms with E-state index in [0.717, 1.165) is 65.0 Å². The second kappa shape index (κ2) is 8.61. The van der Waals surface area contributed by atoms with Crippen LogP contribution in [0.4, 0.5) is 0 Å². The third-order valence-corrected chi connectivity index (χ3v) is 7.56. The van der Waals surface area contributed by atoms with E-state index in [-0.39, 0.29) is 0 Å². The third kappa shape index (κ3) is 3.56. The zero-order chi connectivity index (χ0) is 25.9. The van der Waals surface area contributed by atoms with Crippen molar-refractivity contribution in [1.82, 2.24) is 15.0 Å². The number of fused-ring (bicyclic) bond motifs is 6. The van der Waals surface area contributed by atoms with Crippen LogP contribution >= 0.6 is 15.9 Å². The first-order valence-corrected chi connectivity index (χ1v) is 13.4. The van der Waals surface area contributed by atoms with Gasteiger partial charge < -0.3 is 8.83 Å². The van der Waals surface area contributed by atoms with Crippen LogP contribution in [0.1, 0.15) is 0 Å². The maximum Gasteiger partial charge on any atom is 0.167 e. The number of hydrogen-bond acceptors (Lipinski definition) is 5. The molecule has 3 heterocycles. The molecule has 0 N–H and O–H groups in total. The van der Waals surface area contributed by atoms with E-state index in [0.29, 0.717) is 17.5 Å². The van der Waals surface area contributed by atoms with Gasteiger partial charge in [-0.2, -0.15) is 0 Å². The van der Waals surface area contributed by atoms with Gasteiger partial charge in [0.05, 0.1) is 11.1 Å². The van der Waals surface area contributed by atoms with Crippen molar-refractivity contribution in [1.29, 1.82) is 0 Å². The highest BCUT2D eigenvalue weighted by molar-refractivity contribution is 9.10. The van der Waals surface area contributed by atoms with Gasteiger partial charge in [-0.05, 0) is 36.4 Å². The highest BCUT2D eigenvalue weighted by Crippen LogP contribution is 2.38. The molecule has 8 rings (SSSR count). The van der Waals surface area contributed by atoms with Crippen LogP contribution in [-0.4, -0.2) is 15.0 Å². The summed E-state index contributed by atoms with van der Waals surface area (Å²) in [6, 6.07) is 36.2. The summed E-state index contributed by atoms with van der Waals surface area (Å²) < 4.78 is 13.6. The molecule has 0 fully saturated rings. The Morgan fingerprint density at radius 1 is 0.436 bits per heavy atom. The molecule has 0 saturated heterocycles. The van der Waals surface area contributed by atoms with Gasteiger partial charge in [0.25, 0.3) is 0 Å². The zero-order valence-corrected chi connectivity index (χ0v) is 22.0. The van der Waals surface area contributed by atoms with E-state index >= 15 is 0 Å². The Balaban J connectivity index is 1.42. The fraction of sp³-hybridized carbons (Fsp3) is 0. The summed E-state index contributed by atoms with van der Waals surface area (Å²) in [4.78, 5) is 14.9. The fourth-order valence-corrected chi connectivity index (χ4v) is 5.46. The molecule has 3 aromatic heterocycles. The van der Waals surface area contributed by atoms with Crippen molar-refractivity contribution < 1.29 is 8.83 Å². The molecule has 5 nitrogen and oxygen atoms in total. The fourth-order valence-electron chi connectivity index (χ4n) is 5.19. The van der Waals surface area contributed by atoms with Crippen LogP contribution in [0.2, 0.25) is 0 Å².